The number of hydrogen-bond donors (Lipinski definition) is 2. The van der Waals surface area contributed by atoms with E-state index in [-0.39, 0.29) is 11.1 Å². The summed E-state index contributed by atoms with van der Waals surface area (Å²) < 4.78 is 29.5. The van der Waals surface area contributed by atoms with E-state index in [1.54, 1.807) is 12.1 Å². The molecule has 5 nitrogen and oxygen atoms in total. The van der Waals surface area contributed by atoms with Crippen molar-refractivity contribution in [1.82, 2.24) is 14.9 Å². The predicted octanol–water partition coefficient (Wildman–Crippen LogP) is 3.84. The summed E-state index contributed by atoms with van der Waals surface area (Å²) in [4.78, 5) is 3.51. The van der Waals surface area contributed by atoms with E-state index in [1.807, 2.05) is 36.4 Å². The van der Waals surface area contributed by atoms with E-state index >= 15 is 0 Å². The molecule has 2 aromatic carbocycles. The maximum Gasteiger partial charge on any atom is 0.222 e. The Morgan fingerprint density at radius 1 is 1.07 bits per heavy atom. The molecule has 2 N–H and O–H groups in total. The molecular formula is C22H21N3O2S. The van der Waals surface area contributed by atoms with Crippen molar-refractivity contribution < 1.29 is 8.42 Å². The number of benzene rings is 2. The Morgan fingerprint density at radius 2 is 1.93 bits per heavy atom. The fraction of sp³-hybridized carbons (Fsp3) is 0.273. The summed E-state index contributed by atoms with van der Waals surface area (Å²) in [5.41, 5.74) is 4.29. The molecule has 2 aliphatic heterocycles. The molecule has 0 amide bonds. The third kappa shape index (κ3) is 2.07. The van der Waals surface area contributed by atoms with Crippen molar-refractivity contribution in [2.24, 2.45) is 7.05 Å². The van der Waals surface area contributed by atoms with Gasteiger partial charge in [0.25, 0.3) is 0 Å². The van der Waals surface area contributed by atoms with Crippen LogP contribution in [0.1, 0.15) is 30.1 Å². The maximum absolute atomic E-state index is 13.7. The van der Waals surface area contributed by atoms with Crippen LogP contribution in [0.4, 0.5) is 0 Å². The summed E-state index contributed by atoms with van der Waals surface area (Å²) in [6.45, 7) is 0. The van der Waals surface area contributed by atoms with Gasteiger partial charge in [0.15, 0.2) is 0 Å². The smallest absolute Gasteiger partial charge is 0.222 e. The molecule has 2 unspecified atom stereocenters. The summed E-state index contributed by atoms with van der Waals surface area (Å²) in [5.74, 6) is 0. The second kappa shape index (κ2) is 5.49. The molecular weight excluding hydrogens is 370 g/mol. The van der Waals surface area contributed by atoms with Gasteiger partial charge in [0, 0.05) is 53.1 Å². The number of sulfone groups is 1. The molecule has 2 atom stereocenters. The molecule has 28 heavy (non-hydrogen) atoms. The van der Waals surface area contributed by atoms with Crippen molar-refractivity contribution >= 4 is 31.6 Å². The van der Waals surface area contributed by atoms with Crippen molar-refractivity contribution in [1.29, 1.82) is 0 Å². The zero-order valence-electron chi connectivity index (χ0n) is 15.6. The average molecular weight is 391 g/mol. The lowest BCUT2D eigenvalue weighted by Gasteiger charge is -2.23. The summed E-state index contributed by atoms with van der Waals surface area (Å²) in [6, 6.07) is 15.8. The van der Waals surface area contributed by atoms with E-state index in [0.717, 1.165) is 41.1 Å². The average Bonchev–Trinajstić information content (AvgIpc) is 3.38. The Hall–Kier alpha value is -2.57. The van der Waals surface area contributed by atoms with Gasteiger partial charge in [-0.15, -0.1) is 0 Å². The SMILES string of the molecule is Cn1c2c(c3c(S(=O)(=O)c4cc5ccccc5[nH]4)cccc31)C1CCC(C2)N1. The van der Waals surface area contributed by atoms with Crippen LogP contribution in [-0.4, -0.2) is 24.0 Å². The highest BCUT2D eigenvalue weighted by atomic mass is 32.2. The van der Waals surface area contributed by atoms with Gasteiger partial charge in [-0.25, -0.2) is 8.42 Å². The first-order chi connectivity index (χ1) is 13.5. The van der Waals surface area contributed by atoms with Gasteiger partial charge in [0.1, 0.15) is 5.03 Å². The van der Waals surface area contributed by atoms with Gasteiger partial charge in [-0.05, 0) is 42.7 Å². The molecule has 0 spiro atoms. The summed E-state index contributed by atoms with van der Waals surface area (Å²) in [7, 11) is -1.60. The third-order valence-electron chi connectivity index (χ3n) is 6.46. The monoisotopic (exact) mass is 391 g/mol. The number of nitrogens with zero attached hydrogens (tertiary/aromatic N) is 1. The van der Waals surface area contributed by atoms with Gasteiger partial charge < -0.3 is 14.9 Å². The van der Waals surface area contributed by atoms with E-state index in [2.05, 4.69) is 21.9 Å². The fourth-order valence-electron chi connectivity index (χ4n) is 5.14. The molecule has 4 heterocycles. The predicted molar refractivity (Wildman–Crippen MR) is 109 cm³/mol. The lowest BCUT2D eigenvalue weighted by atomic mass is 9.99. The van der Waals surface area contributed by atoms with E-state index in [0.29, 0.717) is 10.9 Å². The van der Waals surface area contributed by atoms with Gasteiger partial charge in [-0.3, -0.25) is 0 Å². The van der Waals surface area contributed by atoms with Gasteiger partial charge in [-0.1, -0.05) is 24.3 Å². The number of aryl methyl sites for hydroxylation is 1. The molecule has 0 aliphatic carbocycles. The van der Waals surface area contributed by atoms with E-state index in [4.69, 9.17) is 0 Å². The Kier molecular flexibility index (Phi) is 3.21. The van der Waals surface area contributed by atoms with Crippen LogP contribution in [0.25, 0.3) is 21.8 Å². The second-order valence-electron chi connectivity index (χ2n) is 7.99. The van der Waals surface area contributed by atoms with E-state index in [1.165, 1.54) is 11.3 Å². The summed E-state index contributed by atoms with van der Waals surface area (Å²) in [5, 5.41) is 5.72. The molecule has 2 aliphatic rings. The van der Waals surface area contributed by atoms with Crippen LogP contribution in [0.3, 0.4) is 0 Å². The number of fused-ring (bicyclic) bond motifs is 7. The number of nitrogens with one attached hydrogen (secondary N) is 2. The van der Waals surface area contributed by atoms with Crippen LogP contribution >= 0.6 is 0 Å². The quantitative estimate of drug-likeness (QED) is 0.546. The number of para-hydroxylation sites is 1. The van der Waals surface area contributed by atoms with E-state index in [9.17, 15) is 8.42 Å². The van der Waals surface area contributed by atoms with Crippen LogP contribution in [-0.2, 0) is 23.3 Å². The van der Waals surface area contributed by atoms with Gasteiger partial charge in [-0.2, -0.15) is 0 Å². The minimum absolute atomic E-state index is 0.247. The zero-order chi connectivity index (χ0) is 19.0. The minimum Gasteiger partial charge on any atom is -0.347 e. The molecule has 0 saturated carbocycles. The van der Waals surface area contributed by atoms with Crippen molar-refractivity contribution in [2.75, 3.05) is 0 Å². The Morgan fingerprint density at radius 3 is 2.79 bits per heavy atom. The first-order valence-electron chi connectivity index (χ1n) is 9.73. The largest absolute Gasteiger partial charge is 0.347 e. The summed E-state index contributed by atoms with van der Waals surface area (Å²) >= 11 is 0. The number of rotatable bonds is 2. The molecule has 2 aromatic heterocycles. The van der Waals surface area contributed by atoms with Crippen molar-refractivity contribution in [3.8, 4) is 0 Å². The molecule has 142 valence electrons. The highest BCUT2D eigenvalue weighted by molar-refractivity contribution is 7.91. The molecule has 0 radical (unpaired) electrons. The first kappa shape index (κ1) is 16.4. The second-order valence-corrected chi connectivity index (χ2v) is 9.88. The van der Waals surface area contributed by atoms with Crippen LogP contribution in [0.5, 0.6) is 0 Å². The number of hydrogen-bond acceptors (Lipinski definition) is 3. The summed E-state index contributed by atoms with van der Waals surface area (Å²) in [6.07, 6.45) is 3.18. The van der Waals surface area contributed by atoms with Crippen LogP contribution in [0.15, 0.2) is 58.5 Å². The molecule has 4 aromatic rings. The standard InChI is InChI=1S/C22H21N3O2S/c1-25-17-7-4-8-19(22(17)21-16-10-9-14(23-16)12-18(21)25)28(26,27)20-11-13-5-2-3-6-15(13)24-20/h2-8,11,14,16,23-24H,9-10,12H2,1H3. The third-order valence-corrected chi connectivity index (χ3v) is 8.18. The Balaban J connectivity index is 1.64. The normalized spacial score (nSPS) is 21.5. The number of aromatic amines is 1. The van der Waals surface area contributed by atoms with E-state index < -0.39 is 9.84 Å². The number of aromatic nitrogens is 2. The highest BCUT2D eigenvalue weighted by Crippen LogP contribution is 2.44. The molecule has 2 bridgehead atoms. The number of H-pyrrole nitrogens is 1. The van der Waals surface area contributed by atoms with Crippen LogP contribution < -0.4 is 5.32 Å². The lowest BCUT2D eigenvalue weighted by molar-refractivity contribution is 0.503. The maximum atomic E-state index is 13.7. The van der Waals surface area contributed by atoms with Crippen LogP contribution in [0.2, 0.25) is 0 Å². The zero-order valence-corrected chi connectivity index (χ0v) is 16.4. The minimum atomic E-state index is -3.66. The molecule has 1 fully saturated rings. The van der Waals surface area contributed by atoms with Gasteiger partial charge in [0.05, 0.1) is 4.90 Å². The first-order valence-corrected chi connectivity index (χ1v) is 11.2. The highest BCUT2D eigenvalue weighted by Gasteiger charge is 2.38. The van der Waals surface area contributed by atoms with Gasteiger partial charge >= 0.3 is 0 Å². The Labute approximate surface area is 163 Å². The van der Waals surface area contributed by atoms with Gasteiger partial charge in [0.2, 0.25) is 9.84 Å². The molecule has 6 heteroatoms. The van der Waals surface area contributed by atoms with Crippen molar-refractivity contribution in [3.63, 3.8) is 0 Å². The molecule has 6 rings (SSSR count). The molecule has 1 saturated heterocycles. The van der Waals surface area contributed by atoms with Crippen molar-refractivity contribution in [3.05, 3.63) is 59.8 Å². The van der Waals surface area contributed by atoms with Crippen LogP contribution in [0, 0.1) is 0 Å². The topological polar surface area (TPSA) is 66.9 Å². The van der Waals surface area contributed by atoms with Crippen molar-refractivity contribution in [2.45, 2.75) is 41.3 Å². The Bertz CT molecular complexity index is 1330. The lowest BCUT2D eigenvalue weighted by Crippen LogP contribution is -2.32. The fourth-order valence-corrected chi connectivity index (χ4v) is 6.64.